The average molecular weight is 412 g/mol. The molecule has 1 saturated heterocycles. The van der Waals surface area contributed by atoms with Crippen LogP contribution in [0.4, 0.5) is 5.82 Å². The van der Waals surface area contributed by atoms with Crippen LogP contribution < -0.4 is 16.0 Å². The minimum Gasteiger partial charge on any atom is -0.355 e. The second kappa shape index (κ2) is 7.52. The lowest BCUT2D eigenvalue weighted by molar-refractivity contribution is -0.139. The first-order valence-corrected chi connectivity index (χ1v) is 11.5. The summed E-state index contributed by atoms with van der Waals surface area (Å²) in [7, 11) is 0. The summed E-state index contributed by atoms with van der Waals surface area (Å²) < 4.78 is 0. The summed E-state index contributed by atoms with van der Waals surface area (Å²) in [6.45, 7) is 6.21. The molecule has 2 bridgehead atoms. The van der Waals surface area contributed by atoms with E-state index in [4.69, 9.17) is 0 Å². The quantitative estimate of drug-likeness (QED) is 0.708. The van der Waals surface area contributed by atoms with E-state index in [2.05, 4.69) is 32.8 Å². The molecule has 3 N–H and O–H groups in total. The van der Waals surface area contributed by atoms with Crippen molar-refractivity contribution >= 4 is 17.6 Å². The fourth-order valence-electron chi connectivity index (χ4n) is 6.37. The summed E-state index contributed by atoms with van der Waals surface area (Å²) >= 11 is 0. The van der Waals surface area contributed by atoms with Crippen molar-refractivity contribution in [3.63, 3.8) is 0 Å². The third-order valence-corrected chi connectivity index (χ3v) is 8.03. The number of nitrogens with zero attached hydrogens (tertiary/aromatic N) is 2. The third-order valence-electron chi connectivity index (χ3n) is 8.03. The SMILES string of the molecule is C[C@@]12CC[C@@H](C[C@@H]1C(=O)NCCN1CCCCC1)[C@]1(C2)NC(=O)c2cccnc2N1. The fourth-order valence-corrected chi connectivity index (χ4v) is 6.37. The molecule has 5 aliphatic rings. The van der Waals surface area contributed by atoms with E-state index in [1.54, 1.807) is 18.3 Å². The number of fused-ring (bicyclic) bond motifs is 3. The van der Waals surface area contributed by atoms with Gasteiger partial charge >= 0.3 is 0 Å². The Morgan fingerprint density at radius 2 is 2.13 bits per heavy atom. The second-order valence-corrected chi connectivity index (χ2v) is 10.00. The first-order valence-electron chi connectivity index (χ1n) is 11.5. The van der Waals surface area contributed by atoms with Crippen LogP contribution in [0.1, 0.15) is 62.2 Å². The number of pyridine rings is 1. The van der Waals surface area contributed by atoms with E-state index < -0.39 is 5.66 Å². The minimum atomic E-state index is -0.490. The number of hydrogen-bond acceptors (Lipinski definition) is 5. The highest BCUT2D eigenvalue weighted by atomic mass is 16.2. The highest BCUT2D eigenvalue weighted by Gasteiger charge is 2.60. The number of rotatable bonds is 4. The molecular formula is C23H33N5O2. The van der Waals surface area contributed by atoms with Gasteiger partial charge in [-0.25, -0.2) is 4.98 Å². The number of likely N-dealkylation sites (tertiary alicyclic amines) is 1. The predicted molar refractivity (Wildman–Crippen MR) is 115 cm³/mol. The van der Waals surface area contributed by atoms with Gasteiger partial charge in [0.15, 0.2) is 0 Å². The smallest absolute Gasteiger partial charge is 0.256 e. The Morgan fingerprint density at radius 3 is 2.93 bits per heavy atom. The summed E-state index contributed by atoms with van der Waals surface area (Å²) in [4.78, 5) is 32.8. The Labute approximate surface area is 178 Å². The first-order chi connectivity index (χ1) is 14.5. The van der Waals surface area contributed by atoms with E-state index in [1.807, 2.05) is 0 Å². The zero-order chi connectivity index (χ0) is 20.8. The molecule has 6 rings (SSSR count). The molecule has 3 aliphatic carbocycles. The molecule has 30 heavy (non-hydrogen) atoms. The summed E-state index contributed by atoms with van der Waals surface area (Å²) in [6, 6.07) is 3.59. The molecule has 7 nitrogen and oxygen atoms in total. The fraction of sp³-hybridized carbons (Fsp3) is 0.696. The number of aromatic nitrogens is 1. The van der Waals surface area contributed by atoms with Crippen molar-refractivity contribution in [3.05, 3.63) is 23.9 Å². The zero-order valence-electron chi connectivity index (χ0n) is 17.9. The molecule has 2 aliphatic heterocycles. The summed E-state index contributed by atoms with van der Waals surface area (Å²) in [5.41, 5.74) is -0.0197. The van der Waals surface area contributed by atoms with Crippen molar-refractivity contribution < 1.29 is 9.59 Å². The van der Waals surface area contributed by atoms with Gasteiger partial charge < -0.3 is 20.9 Å². The lowest BCUT2D eigenvalue weighted by atomic mass is 9.51. The number of anilines is 1. The molecule has 4 atom stereocenters. The maximum absolute atomic E-state index is 13.1. The largest absolute Gasteiger partial charge is 0.355 e. The van der Waals surface area contributed by atoms with Crippen molar-refractivity contribution in [3.8, 4) is 0 Å². The number of piperidine rings is 1. The van der Waals surface area contributed by atoms with Crippen molar-refractivity contribution in [2.75, 3.05) is 31.5 Å². The molecule has 3 saturated carbocycles. The van der Waals surface area contributed by atoms with Gasteiger partial charge in [-0.1, -0.05) is 13.3 Å². The van der Waals surface area contributed by atoms with Crippen LogP contribution in [0, 0.1) is 17.3 Å². The molecule has 1 aromatic rings. The van der Waals surface area contributed by atoms with Crippen molar-refractivity contribution in [1.29, 1.82) is 0 Å². The molecule has 1 aromatic heterocycles. The highest BCUT2D eigenvalue weighted by molar-refractivity contribution is 6.01. The zero-order valence-corrected chi connectivity index (χ0v) is 17.9. The molecule has 3 heterocycles. The van der Waals surface area contributed by atoms with Gasteiger partial charge in [-0.05, 0) is 69.2 Å². The van der Waals surface area contributed by atoms with Crippen molar-refractivity contribution in [2.45, 2.75) is 57.5 Å². The van der Waals surface area contributed by atoms with E-state index >= 15 is 0 Å². The highest BCUT2D eigenvalue weighted by Crippen LogP contribution is 2.58. The Bertz CT molecular complexity index is 839. The summed E-state index contributed by atoms with van der Waals surface area (Å²) in [6.07, 6.45) is 9.21. The Kier molecular flexibility index (Phi) is 4.96. The Hall–Kier alpha value is -2.15. The standard InChI is InChI=1S/C23H33N5O2/c1-22-8-7-16(14-18(22)21(30)25-10-13-28-11-3-2-4-12-28)23(15-22)26-19-17(20(29)27-23)6-5-9-24-19/h5-6,9,16,18H,2-4,7-8,10-15H2,1H3,(H,24,26)(H,25,30)(H,27,29)/t16-,18+,22-,23-/m0/s1. The van der Waals surface area contributed by atoms with E-state index in [1.165, 1.54) is 19.3 Å². The molecule has 0 unspecified atom stereocenters. The van der Waals surface area contributed by atoms with E-state index in [-0.39, 0.29) is 29.1 Å². The third kappa shape index (κ3) is 3.37. The molecule has 2 amide bonds. The number of hydrogen-bond donors (Lipinski definition) is 3. The minimum absolute atomic E-state index is 0.00654. The van der Waals surface area contributed by atoms with Gasteiger partial charge in [0.2, 0.25) is 5.91 Å². The van der Waals surface area contributed by atoms with E-state index in [9.17, 15) is 9.59 Å². The summed E-state index contributed by atoms with van der Waals surface area (Å²) in [5, 5.41) is 10.1. The van der Waals surface area contributed by atoms with Gasteiger partial charge in [0.1, 0.15) is 11.5 Å². The Morgan fingerprint density at radius 1 is 1.30 bits per heavy atom. The van der Waals surface area contributed by atoms with Gasteiger partial charge in [-0.2, -0.15) is 0 Å². The normalized spacial score (nSPS) is 35.4. The van der Waals surface area contributed by atoms with E-state index in [0.717, 1.165) is 51.9 Å². The molecular weight excluding hydrogens is 378 g/mol. The topological polar surface area (TPSA) is 86.4 Å². The first kappa shape index (κ1) is 19.8. The van der Waals surface area contributed by atoms with Gasteiger partial charge in [0.05, 0.1) is 5.56 Å². The van der Waals surface area contributed by atoms with Gasteiger partial charge in [-0.15, -0.1) is 0 Å². The molecule has 1 spiro atoms. The number of amides is 2. The number of carbonyl (C=O) groups is 2. The van der Waals surface area contributed by atoms with Crippen molar-refractivity contribution in [1.82, 2.24) is 20.5 Å². The number of carbonyl (C=O) groups excluding carboxylic acids is 2. The number of nitrogens with one attached hydrogen (secondary N) is 3. The van der Waals surface area contributed by atoms with Crippen LogP contribution in [0.25, 0.3) is 0 Å². The van der Waals surface area contributed by atoms with Gasteiger partial charge in [-0.3, -0.25) is 9.59 Å². The van der Waals surface area contributed by atoms with Crippen LogP contribution in [0.2, 0.25) is 0 Å². The molecule has 7 heteroatoms. The second-order valence-electron chi connectivity index (χ2n) is 10.00. The van der Waals surface area contributed by atoms with Crippen molar-refractivity contribution in [2.24, 2.45) is 17.3 Å². The summed E-state index contributed by atoms with van der Waals surface area (Å²) in [5.74, 6) is 1.04. The Balaban J connectivity index is 1.26. The van der Waals surface area contributed by atoms with Gasteiger partial charge in [0.25, 0.3) is 5.91 Å². The molecule has 4 fully saturated rings. The van der Waals surface area contributed by atoms with Crippen LogP contribution in [0.15, 0.2) is 18.3 Å². The maximum atomic E-state index is 13.1. The molecule has 162 valence electrons. The average Bonchev–Trinajstić information content (AvgIpc) is 2.74. The predicted octanol–water partition coefficient (Wildman–Crippen LogP) is 2.36. The maximum Gasteiger partial charge on any atom is 0.256 e. The lowest BCUT2D eigenvalue weighted by Gasteiger charge is -2.60. The molecule has 0 radical (unpaired) electrons. The van der Waals surface area contributed by atoms with Crippen LogP contribution in [0.3, 0.4) is 0 Å². The van der Waals surface area contributed by atoms with Crippen LogP contribution in [-0.4, -0.2) is 53.5 Å². The van der Waals surface area contributed by atoms with Crippen LogP contribution in [0.5, 0.6) is 0 Å². The van der Waals surface area contributed by atoms with E-state index in [0.29, 0.717) is 11.4 Å². The van der Waals surface area contributed by atoms with Gasteiger partial charge in [0, 0.05) is 31.1 Å². The van der Waals surface area contributed by atoms with Crippen LogP contribution >= 0.6 is 0 Å². The lowest BCUT2D eigenvalue weighted by Crippen LogP contribution is -2.70. The monoisotopic (exact) mass is 411 g/mol. The van der Waals surface area contributed by atoms with Crippen LogP contribution in [-0.2, 0) is 4.79 Å². The molecule has 0 aromatic carbocycles.